The van der Waals surface area contributed by atoms with Crippen LogP contribution >= 0.6 is 22.6 Å². The lowest BCUT2D eigenvalue weighted by Crippen LogP contribution is -2.12. The van der Waals surface area contributed by atoms with Crippen molar-refractivity contribution in [1.82, 2.24) is 4.98 Å². The van der Waals surface area contributed by atoms with E-state index in [1.165, 1.54) is 6.07 Å². The second-order valence-corrected chi connectivity index (χ2v) is 3.43. The first-order valence-corrected chi connectivity index (χ1v) is 4.32. The van der Waals surface area contributed by atoms with E-state index >= 15 is 0 Å². The van der Waals surface area contributed by atoms with Crippen LogP contribution in [0.4, 0.5) is 4.39 Å². The van der Waals surface area contributed by atoms with Gasteiger partial charge in [-0.1, -0.05) is 0 Å². The molecule has 0 fully saturated rings. The molecule has 1 rings (SSSR count). The van der Waals surface area contributed by atoms with E-state index in [2.05, 4.69) is 4.98 Å². The third-order valence-electron chi connectivity index (χ3n) is 1.34. The van der Waals surface area contributed by atoms with Crippen molar-refractivity contribution >= 4 is 28.6 Å². The largest absolute Gasteiger partial charge is 0.479 e. The van der Waals surface area contributed by atoms with Gasteiger partial charge in [-0.2, -0.15) is 0 Å². The molecular weight excluding hydrogens is 292 g/mol. The van der Waals surface area contributed by atoms with E-state index in [-0.39, 0.29) is 9.26 Å². The molecule has 0 aliphatic carbocycles. The van der Waals surface area contributed by atoms with Crippen LogP contribution in [0.1, 0.15) is 11.8 Å². The molecule has 1 heterocycles. The molecule has 0 saturated carbocycles. The lowest BCUT2D eigenvalue weighted by atomic mass is 10.2. The number of hydrogen-bond acceptors (Lipinski definition) is 3. The van der Waals surface area contributed by atoms with E-state index in [1.807, 2.05) is 0 Å². The topological polar surface area (TPSA) is 70.4 Å². The first-order chi connectivity index (χ1) is 6.02. The Morgan fingerprint density at radius 2 is 2.31 bits per heavy atom. The number of aliphatic hydroxyl groups is 1. The van der Waals surface area contributed by atoms with Crippen molar-refractivity contribution in [1.29, 1.82) is 0 Å². The summed E-state index contributed by atoms with van der Waals surface area (Å²) in [7, 11) is 0. The molecule has 0 radical (unpaired) electrons. The zero-order chi connectivity index (χ0) is 10.0. The fourth-order valence-electron chi connectivity index (χ4n) is 0.705. The predicted molar refractivity (Wildman–Crippen MR) is 49.5 cm³/mol. The third kappa shape index (κ3) is 2.34. The molecule has 4 nitrogen and oxygen atoms in total. The van der Waals surface area contributed by atoms with Crippen LogP contribution in [0.2, 0.25) is 0 Å². The van der Waals surface area contributed by atoms with E-state index in [0.29, 0.717) is 0 Å². The van der Waals surface area contributed by atoms with Gasteiger partial charge in [0.15, 0.2) is 11.9 Å². The lowest BCUT2D eigenvalue weighted by molar-refractivity contribution is -0.147. The van der Waals surface area contributed by atoms with Crippen LogP contribution in [0.15, 0.2) is 12.3 Å². The number of carboxylic acid groups (broad SMARTS) is 1. The van der Waals surface area contributed by atoms with Crippen LogP contribution in [-0.4, -0.2) is 21.2 Å². The average Bonchev–Trinajstić information content (AvgIpc) is 2.08. The van der Waals surface area contributed by atoms with Crippen LogP contribution in [0.3, 0.4) is 0 Å². The maximum absolute atomic E-state index is 12.7. The molecule has 0 spiro atoms. The Hall–Kier alpha value is -0.760. The Morgan fingerprint density at radius 3 is 2.77 bits per heavy atom. The molecule has 0 bridgehead atoms. The van der Waals surface area contributed by atoms with Crippen molar-refractivity contribution in [2.75, 3.05) is 0 Å². The normalized spacial score (nSPS) is 12.5. The molecule has 1 atom stereocenters. The Balaban J connectivity index is 3.03. The number of pyridine rings is 1. The van der Waals surface area contributed by atoms with Crippen molar-refractivity contribution in [2.24, 2.45) is 0 Å². The minimum absolute atomic E-state index is 0.0710. The van der Waals surface area contributed by atoms with Gasteiger partial charge in [-0.25, -0.2) is 9.18 Å². The van der Waals surface area contributed by atoms with E-state index in [9.17, 15) is 9.18 Å². The minimum atomic E-state index is -1.70. The SMILES string of the molecule is O=C(O)C(O)c1cc(I)c(F)cn1. The fourth-order valence-corrected chi connectivity index (χ4v) is 1.16. The molecular formula is C7H5FINO3. The standard InChI is InChI=1S/C7H5FINO3/c8-3-2-10-5(1-4(3)9)6(11)7(12)13/h1-2,6,11H,(H,12,13). The van der Waals surface area contributed by atoms with Gasteiger partial charge >= 0.3 is 5.97 Å². The summed E-state index contributed by atoms with van der Waals surface area (Å²) in [6.07, 6.45) is -0.822. The molecule has 2 N–H and O–H groups in total. The molecule has 1 aromatic heterocycles. The summed E-state index contributed by atoms with van der Waals surface area (Å²) in [5.41, 5.74) is -0.0710. The highest BCUT2D eigenvalue weighted by molar-refractivity contribution is 14.1. The smallest absolute Gasteiger partial charge is 0.338 e. The van der Waals surface area contributed by atoms with Gasteiger partial charge in [0.2, 0.25) is 0 Å². The third-order valence-corrected chi connectivity index (χ3v) is 2.17. The van der Waals surface area contributed by atoms with E-state index in [4.69, 9.17) is 10.2 Å². The molecule has 0 saturated heterocycles. The summed E-state index contributed by atoms with van der Waals surface area (Å²) in [6.45, 7) is 0. The first kappa shape index (κ1) is 10.3. The monoisotopic (exact) mass is 297 g/mol. The van der Waals surface area contributed by atoms with Crippen molar-refractivity contribution in [3.63, 3.8) is 0 Å². The van der Waals surface area contributed by atoms with Crippen LogP contribution in [0.5, 0.6) is 0 Å². The number of nitrogens with zero attached hydrogens (tertiary/aromatic N) is 1. The number of aliphatic carboxylic acids is 1. The Bertz CT molecular complexity index is 345. The molecule has 0 aromatic carbocycles. The van der Waals surface area contributed by atoms with Crippen molar-refractivity contribution in [2.45, 2.75) is 6.10 Å². The maximum Gasteiger partial charge on any atom is 0.338 e. The number of aliphatic hydroxyl groups excluding tert-OH is 1. The summed E-state index contributed by atoms with van der Waals surface area (Å²) in [5, 5.41) is 17.4. The van der Waals surface area contributed by atoms with Gasteiger partial charge in [0.25, 0.3) is 0 Å². The molecule has 13 heavy (non-hydrogen) atoms. The van der Waals surface area contributed by atoms with Crippen LogP contribution in [0, 0.1) is 9.39 Å². The van der Waals surface area contributed by atoms with Crippen LogP contribution in [-0.2, 0) is 4.79 Å². The average molecular weight is 297 g/mol. The number of halogens is 2. The number of carboxylic acids is 1. The zero-order valence-electron chi connectivity index (χ0n) is 6.24. The Kier molecular flexibility index (Phi) is 3.15. The highest BCUT2D eigenvalue weighted by Gasteiger charge is 2.18. The van der Waals surface area contributed by atoms with Gasteiger partial charge in [0.1, 0.15) is 0 Å². The first-order valence-electron chi connectivity index (χ1n) is 3.24. The Morgan fingerprint density at radius 1 is 1.69 bits per heavy atom. The fraction of sp³-hybridized carbons (Fsp3) is 0.143. The second kappa shape index (κ2) is 3.97. The predicted octanol–water partition coefficient (Wildman–Crippen LogP) is 0.943. The van der Waals surface area contributed by atoms with Gasteiger partial charge in [-0.15, -0.1) is 0 Å². The van der Waals surface area contributed by atoms with Gasteiger partial charge in [-0.3, -0.25) is 4.98 Å². The van der Waals surface area contributed by atoms with Gasteiger partial charge in [-0.05, 0) is 28.7 Å². The Labute approximate surface area is 86.6 Å². The summed E-state index contributed by atoms with van der Waals surface area (Å²) in [5.74, 6) is -1.95. The summed E-state index contributed by atoms with van der Waals surface area (Å²) < 4.78 is 12.9. The van der Waals surface area contributed by atoms with E-state index < -0.39 is 17.9 Å². The number of aromatic nitrogens is 1. The number of hydrogen-bond donors (Lipinski definition) is 2. The lowest BCUT2D eigenvalue weighted by Gasteiger charge is -2.04. The van der Waals surface area contributed by atoms with Crippen molar-refractivity contribution in [3.8, 4) is 0 Å². The highest BCUT2D eigenvalue weighted by Crippen LogP contribution is 2.15. The molecule has 0 aliphatic heterocycles. The van der Waals surface area contributed by atoms with Crippen molar-refractivity contribution in [3.05, 3.63) is 27.3 Å². The van der Waals surface area contributed by atoms with Crippen LogP contribution < -0.4 is 0 Å². The van der Waals surface area contributed by atoms with Crippen LogP contribution in [0.25, 0.3) is 0 Å². The van der Waals surface area contributed by atoms with Gasteiger partial charge in [0, 0.05) is 0 Å². The number of rotatable bonds is 2. The number of carbonyl (C=O) groups is 1. The molecule has 0 amide bonds. The zero-order valence-corrected chi connectivity index (χ0v) is 8.40. The molecule has 1 unspecified atom stereocenters. The molecule has 0 aliphatic rings. The summed E-state index contributed by atoms with van der Waals surface area (Å²) in [4.78, 5) is 13.8. The summed E-state index contributed by atoms with van der Waals surface area (Å²) in [6, 6.07) is 1.19. The van der Waals surface area contributed by atoms with E-state index in [1.54, 1.807) is 22.6 Å². The van der Waals surface area contributed by atoms with Gasteiger partial charge in [0.05, 0.1) is 15.5 Å². The highest BCUT2D eigenvalue weighted by atomic mass is 127. The van der Waals surface area contributed by atoms with Gasteiger partial charge < -0.3 is 10.2 Å². The molecule has 6 heteroatoms. The molecule has 1 aromatic rings. The maximum atomic E-state index is 12.7. The van der Waals surface area contributed by atoms with Crippen molar-refractivity contribution < 1.29 is 19.4 Å². The van der Waals surface area contributed by atoms with E-state index in [0.717, 1.165) is 6.20 Å². The quantitative estimate of drug-likeness (QED) is 0.797. The second-order valence-electron chi connectivity index (χ2n) is 2.26. The minimum Gasteiger partial charge on any atom is -0.479 e. The summed E-state index contributed by atoms with van der Waals surface area (Å²) >= 11 is 1.69. The molecule has 70 valence electrons.